The number of aromatic nitrogens is 2. The lowest BCUT2D eigenvalue weighted by Crippen LogP contribution is -2.40. The Kier molecular flexibility index (Phi) is 5.65. The first kappa shape index (κ1) is 22.2. The molecule has 5 rings (SSSR count). The van der Waals surface area contributed by atoms with Crippen molar-refractivity contribution in [2.24, 2.45) is 4.99 Å². The van der Waals surface area contributed by atoms with Gasteiger partial charge in [-0.25, -0.2) is 8.42 Å². The first-order valence-electron chi connectivity index (χ1n) is 11.1. The average Bonchev–Trinajstić information content (AvgIpc) is 3.22. The molecule has 0 bridgehead atoms. The Morgan fingerprint density at radius 2 is 2.00 bits per heavy atom. The second kappa shape index (κ2) is 8.64. The summed E-state index contributed by atoms with van der Waals surface area (Å²) in [6.45, 7) is 2.83. The third-order valence-corrected chi connectivity index (χ3v) is 7.34. The van der Waals surface area contributed by atoms with Crippen molar-refractivity contribution in [1.29, 1.82) is 0 Å². The van der Waals surface area contributed by atoms with Crippen molar-refractivity contribution < 1.29 is 13.2 Å². The molecule has 2 aliphatic rings. The fraction of sp³-hybridized carbons (Fsp3) is 0.280. The van der Waals surface area contributed by atoms with Gasteiger partial charge in [-0.15, -0.1) is 0 Å². The Morgan fingerprint density at radius 3 is 2.79 bits per heavy atom. The van der Waals surface area contributed by atoms with Gasteiger partial charge in [0, 0.05) is 35.8 Å². The lowest BCUT2D eigenvalue weighted by atomic mass is 9.97. The number of carbonyl (C=O) groups is 1. The van der Waals surface area contributed by atoms with E-state index in [0.717, 1.165) is 33.7 Å². The highest BCUT2D eigenvalue weighted by Crippen LogP contribution is 2.35. The van der Waals surface area contributed by atoms with Crippen molar-refractivity contribution in [2.45, 2.75) is 32.4 Å². The number of pyridine rings is 2. The number of aliphatic imine (C=N–C) groups is 1. The number of amides is 1. The number of benzene rings is 1. The predicted octanol–water partition coefficient (Wildman–Crippen LogP) is 2.71. The van der Waals surface area contributed by atoms with Crippen LogP contribution in [0.2, 0.25) is 0 Å². The Bertz CT molecular complexity index is 1420. The van der Waals surface area contributed by atoms with E-state index in [4.69, 9.17) is 0 Å². The highest BCUT2D eigenvalue weighted by molar-refractivity contribution is 7.92. The molecule has 4 heterocycles. The van der Waals surface area contributed by atoms with E-state index in [-0.39, 0.29) is 18.4 Å². The van der Waals surface area contributed by atoms with E-state index in [1.165, 1.54) is 10.6 Å². The first-order valence-corrected chi connectivity index (χ1v) is 13.0. The molecule has 1 unspecified atom stereocenters. The van der Waals surface area contributed by atoms with Crippen molar-refractivity contribution in [3.8, 4) is 0 Å². The summed E-state index contributed by atoms with van der Waals surface area (Å²) in [5.74, 6) is -0.149. The van der Waals surface area contributed by atoms with Crippen molar-refractivity contribution in [3.05, 3.63) is 88.5 Å². The number of anilines is 1. The molecule has 2 aliphatic heterocycles. The number of rotatable bonds is 5. The van der Waals surface area contributed by atoms with Crippen LogP contribution in [0.25, 0.3) is 0 Å². The summed E-state index contributed by atoms with van der Waals surface area (Å²) < 4.78 is 25.7. The first-order chi connectivity index (χ1) is 16.3. The van der Waals surface area contributed by atoms with Crippen molar-refractivity contribution in [1.82, 2.24) is 15.3 Å². The third kappa shape index (κ3) is 4.31. The van der Waals surface area contributed by atoms with Crippen LogP contribution >= 0.6 is 0 Å². The normalized spacial score (nSPS) is 17.1. The molecular weight excluding hydrogens is 450 g/mol. The van der Waals surface area contributed by atoms with Gasteiger partial charge in [0.1, 0.15) is 0 Å². The zero-order valence-electron chi connectivity index (χ0n) is 19.0. The number of nitrogens with one attached hydrogen (secondary N) is 1. The highest BCUT2D eigenvalue weighted by Gasteiger charge is 2.30. The maximum Gasteiger partial charge on any atom is 0.232 e. The van der Waals surface area contributed by atoms with Gasteiger partial charge in [-0.1, -0.05) is 18.2 Å². The van der Waals surface area contributed by atoms with Gasteiger partial charge in [-0.2, -0.15) is 0 Å². The van der Waals surface area contributed by atoms with Crippen molar-refractivity contribution >= 4 is 27.3 Å². The lowest BCUT2D eigenvalue weighted by molar-refractivity contribution is -0.121. The minimum absolute atomic E-state index is 0.144. The van der Waals surface area contributed by atoms with Gasteiger partial charge in [0.2, 0.25) is 15.9 Å². The fourth-order valence-electron chi connectivity index (χ4n) is 4.61. The van der Waals surface area contributed by atoms with Crippen molar-refractivity contribution in [3.63, 3.8) is 0 Å². The zero-order valence-corrected chi connectivity index (χ0v) is 19.8. The second-order valence-electron chi connectivity index (χ2n) is 8.66. The minimum atomic E-state index is -3.38. The van der Waals surface area contributed by atoms with Crippen LogP contribution in [-0.2, 0) is 27.8 Å². The summed E-state index contributed by atoms with van der Waals surface area (Å²) >= 11 is 0. The van der Waals surface area contributed by atoms with Crippen molar-refractivity contribution in [2.75, 3.05) is 17.1 Å². The number of hydrogen-bond donors (Lipinski definition) is 1. The fourth-order valence-corrected chi connectivity index (χ4v) is 5.57. The summed E-state index contributed by atoms with van der Waals surface area (Å²) in [7, 11) is -3.38. The number of fused-ring (bicyclic) bond motifs is 2. The monoisotopic (exact) mass is 475 g/mol. The van der Waals surface area contributed by atoms with E-state index in [1.807, 2.05) is 37.3 Å². The van der Waals surface area contributed by atoms with Crippen LogP contribution in [0.5, 0.6) is 0 Å². The molecule has 0 saturated heterocycles. The van der Waals surface area contributed by atoms with Gasteiger partial charge in [0.25, 0.3) is 0 Å². The molecule has 0 aliphatic carbocycles. The standard InChI is InChI=1S/C25H25N5O3S/c1-16-11-17(7-9-26-16)25-21-15-27-19(12-18(21)14-28-25)13-24(31)29-22-8-10-30(34(2,32)33)23-6-4-3-5-20(22)23/h3-7,9,11-12,15,22H,8,10,13-14H2,1-2H3,(H,29,31). The Morgan fingerprint density at radius 1 is 1.18 bits per heavy atom. The van der Waals surface area contributed by atoms with E-state index in [0.29, 0.717) is 30.9 Å². The summed E-state index contributed by atoms with van der Waals surface area (Å²) in [4.78, 5) is 26.3. The zero-order chi connectivity index (χ0) is 23.9. The second-order valence-corrected chi connectivity index (χ2v) is 10.6. The summed E-state index contributed by atoms with van der Waals surface area (Å²) in [6, 6.07) is 12.9. The van der Waals surface area contributed by atoms with Crippen LogP contribution < -0.4 is 9.62 Å². The van der Waals surface area contributed by atoms with Crippen LogP contribution in [0.3, 0.4) is 0 Å². The van der Waals surface area contributed by atoms with Gasteiger partial charge in [0.15, 0.2) is 0 Å². The molecule has 1 aromatic carbocycles. The third-order valence-electron chi connectivity index (χ3n) is 6.16. The maximum absolute atomic E-state index is 12.9. The number of carbonyl (C=O) groups excluding carboxylic acids is 1. The highest BCUT2D eigenvalue weighted by atomic mass is 32.2. The lowest BCUT2D eigenvalue weighted by Gasteiger charge is -2.34. The molecule has 3 aromatic rings. The van der Waals surface area contributed by atoms with Gasteiger partial charge in [-0.05, 0) is 48.7 Å². The quantitative estimate of drug-likeness (QED) is 0.611. The smallest absolute Gasteiger partial charge is 0.232 e. The Labute approximate surface area is 198 Å². The molecule has 1 atom stereocenters. The molecule has 9 heteroatoms. The summed E-state index contributed by atoms with van der Waals surface area (Å²) in [5.41, 5.74) is 6.98. The molecule has 0 fully saturated rings. The molecule has 1 N–H and O–H groups in total. The number of para-hydroxylation sites is 1. The topological polar surface area (TPSA) is 105 Å². The van der Waals surface area contributed by atoms with Gasteiger partial charge >= 0.3 is 0 Å². The molecule has 0 spiro atoms. The molecule has 1 amide bonds. The Balaban J connectivity index is 1.30. The van der Waals surface area contributed by atoms with Crippen LogP contribution in [0, 0.1) is 6.92 Å². The van der Waals surface area contributed by atoms with E-state index >= 15 is 0 Å². The van der Waals surface area contributed by atoms with Gasteiger partial charge in [-0.3, -0.25) is 24.1 Å². The SMILES string of the molecule is Cc1cc(C2=NCc3cc(CC(=O)NC4CCN(S(C)(=O)=O)c5ccccc54)ncc32)ccn1. The van der Waals surface area contributed by atoms with Crippen LogP contribution in [0.4, 0.5) is 5.69 Å². The predicted molar refractivity (Wildman–Crippen MR) is 130 cm³/mol. The number of aryl methyl sites for hydroxylation is 1. The molecule has 174 valence electrons. The van der Waals surface area contributed by atoms with Gasteiger partial charge < -0.3 is 5.32 Å². The molecular formula is C25H25N5O3S. The number of nitrogens with zero attached hydrogens (tertiary/aromatic N) is 4. The molecule has 2 aromatic heterocycles. The largest absolute Gasteiger partial charge is 0.349 e. The van der Waals surface area contributed by atoms with Crippen LogP contribution in [-0.4, -0.2) is 42.8 Å². The van der Waals surface area contributed by atoms with Crippen LogP contribution in [0.1, 0.15) is 46.1 Å². The minimum Gasteiger partial charge on any atom is -0.349 e. The van der Waals surface area contributed by atoms with E-state index in [9.17, 15) is 13.2 Å². The van der Waals surface area contributed by atoms with Gasteiger partial charge in [0.05, 0.1) is 42.4 Å². The molecule has 34 heavy (non-hydrogen) atoms. The molecule has 0 radical (unpaired) electrons. The molecule has 0 saturated carbocycles. The summed E-state index contributed by atoms with van der Waals surface area (Å²) in [6.07, 6.45) is 5.42. The van der Waals surface area contributed by atoms with Crippen LogP contribution in [0.15, 0.2) is 59.9 Å². The van der Waals surface area contributed by atoms with E-state index in [2.05, 4.69) is 20.3 Å². The molecule has 8 nitrogen and oxygen atoms in total. The number of sulfonamides is 1. The average molecular weight is 476 g/mol. The van der Waals surface area contributed by atoms with E-state index in [1.54, 1.807) is 24.5 Å². The maximum atomic E-state index is 12.9. The summed E-state index contributed by atoms with van der Waals surface area (Å²) in [5, 5.41) is 3.07. The Hall–Kier alpha value is -3.59. The number of hydrogen-bond acceptors (Lipinski definition) is 6. The van der Waals surface area contributed by atoms with E-state index < -0.39 is 10.0 Å².